The van der Waals surface area contributed by atoms with Gasteiger partial charge in [0.05, 0.1) is 11.8 Å². The van der Waals surface area contributed by atoms with E-state index in [2.05, 4.69) is 24.0 Å². The lowest BCUT2D eigenvalue weighted by molar-refractivity contribution is -0.137. The molecule has 0 atom stereocenters. The Labute approximate surface area is 155 Å². The predicted molar refractivity (Wildman–Crippen MR) is 105 cm³/mol. The molecule has 0 saturated carbocycles. The van der Waals surface area contributed by atoms with Crippen molar-refractivity contribution in [3.63, 3.8) is 0 Å². The van der Waals surface area contributed by atoms with Crippen LogP contribution in [0.3, 0.4) is 0 Å². The van der Waals surface area contributed by atoms with Crippen LogP contribution in [0.15, 0.2) is 34.4 Å². The van der Waals surface area contributed by atoms with Gasteiger partial charge >= 0.3 is 5.97 Å². The number of carboxylic acid groups (broad SMARTS) is 1. The molecular formula is C20H22N2O3S. The lowest BCUT2D eigenvalue weighted by Gasteiger charge is -2.14. The number of carboxylic acids is 1. The molecule has 1 aromatic carbocycles. The van der Waals surface area contributed by atoms with Gasteiger partial charge in [0.25, 0.3) is 5.56 Å². The number of thiophene rings is 1. The molecule has 2 heterocycles. The van der Waals surface area contributed by atoms with Crippen LogP contribution in [0.25, 0.3) is 21.3 Å². The van der Waals surface area contributed by atoms with Crippen molar-refractivity contribution < 1.29 is 9.90 Å². The van der Waals surface area contributed by atoms with Crippen LogP contribution in [0.1, 0.15) is 44.5 Å². The molecule has 5 nitrogen and oxygen atoms in total. The maximum Gasteiger partial charge on any atom is 0.305 e. The first-order chi connectivity index (χ1) is 12.4. The Bertz CT molecular complexity index is 1000. The number of aryl methyl sites for hydroxylation is 1. The van der Waals surface area contributed by atoms with Crippen molar-refractivity contribution in [2.75, 3.05) is 0 Å². The normalized spacial score (nSPS) is 11.4. The van der Waals surface area contributed by atoms with Crippen LogP contribution in [0.2, 0.25) is 0 Å². The van der Waals surface area contributed by atoms with Crippen LogP contribution in [-0.2, 0) is 17.8 Å². The van der Waals surface area contributed by atoms with Gasteiger partial charge in [0.15, 0.2) is 0 Å². The second-order valence-corrected chi connectivity index (χ2v) is 7.46. The SMILES string of the molecule is CCc1ccc(-c2csc3nc(C(C)C)n(CCC(=O)O)c(=O)c23)cc1. The highest BCUT2D eigenvalue weighted by Crippen LogP contribution is 2.32. The Kier molecular flexibility index (Phi) is 5.23. The van der Waals surface area contributed by atoms with Crippen LogP contribution < -0.4 is 5.56 Å². The van der Waals surface area contributed by atoms with Gasteiger partial charge in [-0.1, -0.05) is 45.0 Å². The van der Waals surface area contributed by atoms with E-state index in [1.54, 1.807) is 0 Å². The zero-order valence-corrected chi connectivity index (χ0v) is 16.0. The quantitative estimate of drug-likeness (QED) is 0.703. The minimum Gasteiger partial charge on any atom is -0.481 e. The van der Waals surface area contributed by atoms with Gasteiger partial charge in [-0.2, -0.15) is 0 Å². The first kappa shape index (κ1) is 18.3. The summed E-state index contributed by atoms with van der Waals surface area (Å²) in [5.41, 5.74) is 2.93. The van der Waals surface area contributed by atoms with E-state index in [-0.39, 0.29) is 24.4 Å². The van der Waals surface area contributed by atoms with Gasteiger partial charge in [0.2, 0.25) is 0 Å². The van der Waals surface area contributed by atoms with Crippen molar-refractivity contribution in [3.05, 3.63) is 51.4 Å². The number of hydrogen-bond donors (Lipinski definition) is 1. The van der Waals surface area contributed by atoms with Crippen molar-refractivity contribution >= 4 is 27.5 Å². The molecule has 0 aliphatic heterocycles. The Morgan fingerprint density at radius 1 is 1.27 bits per heavy atom. The molecule has 0 saturated heterocycles. The molecule has 0 bridgehead atoms. The molecule has 0 unspecified atom stereocenters. The summed E-state index contributed by atoms with van der Waals surface area (Å²) in [4.78, 5) is 29.6. The van der Waals surface area contributed by atoms with Crippen LogP contribution >= 0.6 is 11.3 Å². The van der Waals surface area contributed by atoms with E-state index in [0.29, 0.717) is 16.0 Å². The molecule has 0 fully saturated rings. The fraction of sp³-hybridized carbons (Fsp3) is 0.350. The van der Waals surface area contributed by atoms with Crippen molar-refractivity contribution in [3.8, 4) is 11.1 Å². The number of carbonyl (C=O) groups is 1. The summed E-state index contributed by atoms with van der Waals surface area (Å²) in [6.07, 6.45) is 0.865. The highest BCUT2D eigenvalue weighted by molar-refractivity contribution is 7.17. The van der Waals surface area contributed by atoms with Gasteiger partial charge in [-0.05, 0) is 17.5 Å². The maximum atomic E-state index is 13.2. The average Bonchev–Trinajstić information content (AvgIpc) is 3.04. The minimum atomic E-state index is -0.924. The molecule has 3 aromatic rings. The zero-order valence-electron chi connectivity index (χ0n) is 15.2. The largest absolute Gasteiger partial charge is 0.481 e. The monoisotopic (exact) mass is 370 g/mol. The van der Waals surface area contributed by atoms with Crippen LogP contribution in [0.5, 0.6) is 0 Å². The Morgan fingerprint density at radius 3 is 2.54 bits per heavy atom. The summed E-state index contributed by atoms with van der Waals surface area (Å²) in [7, 11) is 0. The molecule has 6 heteroatoms. The summed E-state index contributed by atoms with van der Waals surface area (Å²) in [5.74, 6) is -0.249. The van der Waals surface area contributed by atoms with Gasteiger partial charge in [0.1, 0.15) is 10.7 Å². The summed E-state index contributed by atoms with van der Waals surface area (Å²) in [6.45, 7) is 6.16. The highest BCUT2D eigenvalue weighted by Gasteiger charge is 2.19. The van der Waals surface area contributed by atoms with E-state index in [9.17, 15) is 9.59 Å². The molecule has 2 aromatic heterocycles. The van der Waals surface area contributed by atoms with Crippen LogP contribution in [-0.4, -0.2) is 20.6 Å². The van der Waals surface area contributed by atoms with E-state index >= 15 is 0 Å². The maximum absolute atomic E-state index is 13.2. The predicted octanol–water partition coefficient (Wildman–Crippen LogP) is 4.29. The summed E-state index contributed by atoms with van der Waals surface area (Å²) in [5, 5.41) is 11.6. The third-order valence-corrected chi connectivity index (χ3v) is 5.33. The second-order valence-electron chi connectivity index (χ2n) is 6.61. The Balaban J connectivity index is 2.19. The van der Waals surface area contributed by atoms with E-state index < -0.39 is 5.97 Å². The summed E-state index contributed by atoms with van der Waals surface area (Å²) >= 11 is 1.46. The fourth-order valence-corrected chi connectivity index (χ4v) is 3.98. The lowest BCUT2D eigenvalue weighted by atomic mass is 10.0. The molecular weight excluding hydrogens is 348 g/mol. The van der Waals surface area contributed by atoms with E-state index in [4.69, 9.17) is 5.11 Å². The Morgan fingerprint density at radius 2 is 1.96 bits per heavy atom. The van der Waals surface area contributed by atoms with Gasteiger partial charge in [-0.15, -0.1) is 11.3 Å². The summed E-state index contributed by atoms with van der Waals surface area (Å²) < 4.78 is 1.53. The van der Waals surface area contributed by atoms with Gasteiger partial charge in [0, 0.05) is 23.4 Å². The van der Waals surface area contributed by atoms with E-state index in [1.807, 2.05) is 31.4 Å². The number of benzene rings is 1. The standard InChI is InChI=1S/C20H22N2O3S/c1-4-13-5-7-14(8-6-13)15-11-26-19-17(15)20(25)22(10-9-16(23)24)18(21-19)12(2)3/h5-8,11-12H,4,9-10H2,1-3H3,(H,23,24). The first-order valence-electron chi connectivity index (χ1n) is 8.75. The smallest absolute Gasteiger partial charge is 0.305 e. The van der Waals surface area contributed by atoms with Crippen LogP contribution in [0, 0.1) is 0 Å². The molecule has 0 radical (unpaired) electrons. The topological polar surface area (TPSA) is 72.2 Å². The minimum absolute atomic E-state index is 0.0373. The fourth-order valence-electron chi connectivity index (χ4n) is 3.04. The van der Waals surface area contributed by atoms with Crippen LogP contribution in [0.4, 0.5) is 0 Å². The van der Waals surface area contributed by atoms with Crippen molar-refractivity contribution in [2.24, 2.45) is 0 Å². The third-order valence-electron chi connectivity index (χ3n) is 4.46. The molecule has 26 heavy (non-hydrogen) atoms. The molecule has 3 rings (SSSR count). The van der Waals surface area contributed by atoms with Gasteiger partial charge < -0.3 is 5.11 Å². The average molecular weight is 370 g/mol. The molecule has 1 N–H and O–H groups in total. The summed E-state index contributed by atoms with van der Waals surface area (Å²) in [6, 6.07) is 8.19. The zero-order chi connectivity index (χ0) is 18.8. The first-order valence-corrected chi connectivity index (χ1v) is 9.63. The van der Waals surface area contributed by atoms with Gasteiger partial charge in [-0.25, -0.2) is 4.98 Å². The molecule has 136 valence electrons. The van der Waals surface area contributed by atoms with Crippen molar-refractivity contribution in [1.29, 1.82) is 0 Å². The highest BCUT2D eigenvalue weighted by atomic mass is 32.1. The van der Waals surface area contributed by atoms with E-state index in [0.717, 1.165) is 17.5 Å². The number of rotatable bonds is 6. The molecule has 0 amide bonds. The Hall–Kier alpha value is -2.47. The number of aromatic nitrogens is 2. The number of aliphatic carboxylic acids is 1. The molecule has 0 spiro atoms. The number of hydrogen-bond acceptors (Lipinski definition) is 4. The second kappa shape index (κ2) is 7.41. The van der Waals surface area contributed by atoms with Crippen molar-refractivity contribution in [2.45, 2.75) is 46.1 Å². The number of fused-ring (bicyclic) bond motifs is 1. The van der Waals surface area contributed by atoms with Gasteiger partial charge in [-0.3, -0.25) is 14.2 Å². The third kappa shape index (κ3) is 3.42. The molecule has 0 aliphatic rings. The number of nitrogens with zero attached hydrogens (tertiary/aromatic N) is 2. The van der Waals surface area contributed by atoms with Crippen molar-refractivity contribution in [1.82, 2.24) is 9.55 Å². The molecule has 0 aliphatic carbocycles. The van der Waals surface area contributed by atoms with E-state index in [1.165, 1.54) is 21.5 Å². The lowest BCUT2D eigenvalue weighted by Crippen LogP contribution is -2.27.